The van der Waals surface area contributed by atoms with Gasteiger partial charge in [-0.1, -0.05) is 28.1 Å². The maximum atomic E-state index is 3.47. The van der Waals surface area contributed by atoms with Crippen molar-refractivity contribution in [3.8, 4) is 11.1 Å². The molecule has 0 saturated carbocycles. The molecule has 2 aromatic rings. The zero-order valence-electron chi connectivity index (χ0n) is 7.25. The van der Waals surface area contributed by atoms with Gasteiger partial charge in [0.05, 0.1) is 0 Å². The Bertz CT molecular complexity index is 418. The smallest absolute Gasteiger partial charge is 0.0181 e. The van der Waals surface area contributed by atoms with Crippen molar-refractivity contribution in [1.29, 1.82) is 0 Å². The van der Waals surface area contributed by atoms with Crippen LogP contribution in [0.5, 0.6) is 0 Å². The molecule has 0 spiro atoms. The molecule has 0 bridgehead atoms. The molecule has 0 unspecified atom stereocenters. The Morgan fingerprint density at radius 1 is 1.15 bits per heavy atom. The summed E-state index contributed by atoms with van der Waals surface area (Å²) in [4.78, 5) is 1.36. The maximum Gasteiger partial charge on any atom is 0.0181 e. The van der Waals surface area contributed by atoms with Gasteiger partial charge in [0.25, 0.3) is 0 Å². The molecule has 0 saturated heterocycles. The van der Waals surface area contributed by atoms with E-state index in [9.17, 15) is 0 Å². The largest absolute Gasteiger partial charge is 0.149 e. The summed E-state index contributed by atoms with van der Waals surface area (Å²) < 4.78 is 1.13. The molecule has 0 N–H and O–H groups in total. The van der Waals surface area contributed by atoms with Gasteiger partial charge in [-0.25, -0.2) is 0 Å². The number of hydrogen-bond donors (Lipinski definition) is 0. The molecule has 1 heterocycles. The van der Waals surface area contributed by atoms with Gasteiger partial charge in [-0.05, 0) is 41.6 Å². The fourth-order valence-corrected chi connectivity index (χ4v) is 2.37. The molecule has 0 nitrogen and oxygen atoms in total. The molecule has 13 heavy (non-hydrogen) atoms. The van der Waals surface area contributed by atoms with Crippen molar-refractivity contribution < 1.29 is 0 Å². The van der Waals surface area contributed by atoms with Crippen LogP contribution >= 0.6 is 27.3 Å². The highest BCUT2D eigenvalue weighted by Gasteiger charge is 1.99. The molecular weight excluding hydrogens is 244 g/mol. The summed E-state index contributed by atoms with van der Waals surface area (Å²) >= 11 is 5.26. The fraction of sp³-hybridized carbons (Fsp3) is 0.0909. The van der Waals surface area contributed by atoms with Crippen molar-refractivity contribution in [2.45, 2.75) is 6.92 Å². The summed E-state index contributed by atoms with van der Waals surface area (Å²) in [6, 6.07) is 10.6. The summed E-state index contributed by atoms with van der Waals surface area (Å²) in [5.41, 5.74) is 2.59. The third kappa shape index (κ3) is 2.01. The van der Waals surface area contributed by atoms with Crippen LogP contribution in [-0.4, -0.2) is 0 Å². The van der Waals surface area contributed by atoms with Crippen molar-refractivity contribution >= 4 is 27.3 Å². The van der Waals surface area contributed by atoms with Crippen LogP contribution in [0, 0.1) is 6.92 Å². The predicted octanol–water partition coefficient (Wildman–Crippen LogP) is 4.49. The molecule has 2 rings (SSSR count). The SMILES string of the molecule is Cc1cc(-c2cccc(Br)c2)cs1. The predicted molar refractivity (Wildman–Crippen MR) is 62.2 cm³/mol. The zero-order valence-corrected chi connectivity index (χ0v) is 9.65. The highest BCUT2D eigenvalue weighted by molar-refractivity contribution is 9.10. The van der Waals surface area contributed by atoms with E-state index < -0.39 is 0 Å². The Kier molecular flexibility index (Phi) is 2.51. The molecule has 0 aliphatic heterocycles. The van der Waals surface area contributed by atoms with Crippen molar-refractivity contribution in [3.63, 3.8) is 0 Å². The molecule has 1 aromatic carbocycles. The molecule has 0 atom stereocenters. The van der Waals surface area contributed by atoms with E-state index in [1.807, 2.05) is 6.07 Å². The fourth-order valence-electron chi connectivity index (χ4n) is 1.26. The molecule has 66 valence electrons. The van der Waals surface area contributed by atoms with E-state index in [-0.39, 0.29) is 0 Å². The topological polar surface area (TPSA) is 0 Å². The van der Waals surface area contributed by atoms with Gasteiger partial charge in [0.2, 0.25) is 0 Å². The minimum absolute atomic E-state index is 1.13. The summed E-state index contributed by atoms with van der Waals surface area (Å²) in [5.74, 6) is 0. The third-order valence-corrected chi connectivity index (χ3v) is 3.24. The number of halogens is 1. The standard InChI is InChI=1S/C11H9BrS/c1-8-5-10(7-13-8)9-3-2-4-11(12)6-9/h2-7H,1H3. The van der Waals surface area contributed by atoms with Gasteiger partial charge in [0.1, 0.15) is 0 Å². The molecule has 0 aliphatic carbocycles. The first kappa shape index (κ1) is 8.97. The number of hydrogen-bond acceptors (Lipinski definition) is 1. The van der Waals surface area contributed by atoms with Crippen molar-refractivity contribution in [2.24, 2.45) is 0 Å². The second-order valence-corrected chi connectivity index (χ2v) is 4.99. The van der Waals surface area contributed by atoms with Crippen LogP contribution in [0.1, 0.15) is 4.88 Å². The van der Waals surface area contributed by atoms with Crippen LogP contribution in [0.2, 0.25) is 0 Å². The van der Waals surface area contributed by atoms with Gasteiger partial charge in [-0.2, -0.15) is 0 Å². The van der Waals surface area contributed by atoms with Crippen molar-refractivity contribution in [3.05, 3.63) is 45.1 Å². The number of rotatable bonds is 1. The van der Waals surface area contributed by atoms with Crippen LogP contribution < -0.4 is 0 Å². The number of benzene rings is 1. The normalized spacial score (nSPS) is 10.3. The second kappa shape index (κ2) is 3.64. The Balaban J connectivity index is 2.46. The van der Waals surface area contributed by atoms with Crippen LogP contribution in [0.15, 0.2) is 40.2 Å². The lowest BCUT2D eigenvalue weighted by atomic mass is 10.1. The van der Waals surface area contributed by atoms with E-state index in [1.165, 1.54) is 16.0 Å². The zero-order chi connectivity index (χ0) is 9.26. The van der Waals surface area contributed by atoms with Gasteiger partial charge < -0.3 is 0 Å². The molecule has 0 radical (unpaired) electrons. The third-order valence-electron chi connectivity index (χ3n) is 1.89. The summed E-state index contributed by atoms with van der Waals surface area (Å²) in [6.45, 7) is 2.13. The van der Waals surface area contributed by atoms with Crippen LogP contribution in [-0.2, 0) is 0 Å². The minimum atomic E-state index is 1.13. The van der Waals surface area contributed by atoms with Gasteiger partial charge in [0.15, 0.2) is 0 Å². The Labute approximate surface area is 90.4 Å². The van der Waals surface area contributed by atoms with Gasteiger partial charge in [-0.3, -0.25) is 0 Å². The van der Waals surface area contributed by atoms with Gasteiger partial charge in [0, 0.05) is 9.35 Å². The second-order valence-electron chi connectivity index (χ2n) is 2.96. The molecule has 0 fully saturated rings. The quantitative estimate of drug-likeness (QED) is 0.702. The summed E-state index contributed by atoms with van der Waals surface area (Å²) in [7, 11) is 0. The highest BCUT2D eigenvalue weighted by Crippen LogP contribution is 2.26. The van der Waals surface area contributed by atoms with E-state index in [0.29, 0.717) is 0 Å². The first-order chi connectivity index (χ1) is 6.25. The average Bonchev–Trinajstić information content (AvgIpc) is 2.52. The Hall–Kier alpha value is -0.600. The Morgan fingerprint density at radius 3 is 2.62 bits per heavy atom. The van der Waals surface area contributed by atoms with E-state index in [1.54, 1.807) is 11.3 Å². The van der Waals surface area contributed by atoms with E-state index >= 15 is 0 Å². The average molecular weight is 253 g/mol. The summed E-state index contributed by atoms with van der Waals surface area (Å²) in [5, 5.41) is 2.19. The van der Waals surface area contributed by atoms with Crippen LogP contribution in [0.4, 0.5) is 0 Å². The lowest BCUT2D eigenvalue weighted by Crippen LogP contribution is -1.72. The number of thiophene rings is 1. The van der Waals surface area contributed by atoms with Crippen molar-refractivity contribution in [2.75, 3.05) is 0 Å². The van der Waals surface area contributed by atoms with E-state index in [2.05, 4.69) is 52.5 Å². The molecular formula is C11H9BrS. The molecule has 1 aromatic heterocycles. The highest BCUT2D eigenvalue weighted by atomic mass is 79.9. The lowest BCUT2D eigenvalue weighted by molar-refractivity contribution is 1.60. The first-order valence-electron chi connectivity index (χ1n) is 4.07. The molecule has 0 amide bonds. The van der Waals surface area contributed by atoms with E-state index in [0.717, 1.165) is 4.47 Å². The lowest BCUT2D eigenvalue weighted by Gasteiger charge is -1.97. The Morgan fingerprint density at radius 2 is 2.00 bits per heavy atom. The van der Waals surface area contributed by atoms with E-state index in [4.69, 9.17) is 0 Å². The molecule has 0 aliphatic rings. The first-order valence-corrected chi connectivity index (χ1v) is 5.74. The maximum absolute atomic E-state index is 3.47. The molecule has 2 heteroatoms. The minimum Gasteiger partial charge on any atom is -0.149 e. The summed E-state index contributed by atoms with van der Waals surface area (Å²) in [6.07, 6.45) is 0. The number of aryl methyl sites for hydroxylation is 1. The van der Waals surface area contributed by atoms with Gasteiger partial charge >= 0.3 is 0 Å². The van der Waals surface area contributed by atoms with Crippen LogP contribution in [0.25, 0.3) is 11.1 Å². The monoisotopic (exact) mass is 252 g/mol. The van der Waals surface area contributed by atoms with Crippen molar-refractivity contribution in [1.82, 2.24) is 0 Å². The van der Waals surface area contributed by atoms with Crippen LogP contribution in [0.3, 0.4) is 0 Å². The van der Waals surface area contributed by atoms with Gasteiger partial charge in [-0.15, -0.1) is 11.3 Å².